The molecule has 5 rings (SSSR count). The minimum Gasteiger partial charge on any atom is -0.444 e. The van der Waals surface area contributed by atoms with Crippen LogP contribution in [0.3, 0.4) is 0 Å². The number of ether oxygens (including phenoxy) is 3. The summed E-state index contributed by atoms with van der Waals surface area (Å²) in [5.41, 5.74) is 8.14. The molecule has 2 N–H and O–H groups in total. The molecule has 1 aliphatic heterocycles. The lowest BCUT2D eigenvalue weighted by atomic mass is 9.97. The monoisotopic (exact) mass is 578 g/mol. The number of hydrogen-bond donors (Lipinski definition) is 1. The molecule has 12 heteroatoms. The van der Waals surface area contributed by atoms with Gasteiger partial charge in [0, 0.05) is 61.1 Å². The third-order valence-corrected chi connectivity index (χ3v) is 8.10. The molecule has 0 saturated carbocycles. The van der Waals surface area contributed by atoms with Gasteiger partial charge in [0.1, 0.15) is 10.6 Å². The van der Waals surface area contributed by atoms with Crippen LogP contribution in [0.25, 0.3) is 32.6 Å². The Labute approximate surface area is 242 Å². The van der Waals surface area contributed by atoms with Crippen LogP contribution in [-0.2, 0) is 23.1 Å². The second-order valence-electron chi connectivity index (χ2n) is 11.1. The zero-order valence-corrected chi connectivity index (χ0v) is 24.7. The number of carbonyl (C=O) groups excluding carboxylic acids is 2. The molecule has 0 bridgehead atoms. The van der Waals surface area contributed by atoms with Crippen LogP contribution in [0.5, 0.6) is 5.88 Å². The molecule has 1 fully saturated rings. The van der Waals surface area contributed by atoms with E-state index < -0.39 is 17.8 Å². The lowest BCUT2D eigenvalue weighted by Crippen LogP contribution is -2.34. The van der Waals surface area contributed by atoms with Gasteiger partial charge in [0.2, 0.25) is 5.88 Å². The molecule has 4 heterocycles. The van der Waals surface area contributed by atoms with Crippen molar-refractivity contribution in [1.29, 1.82) is 0 Å². The predicted octanol–water partition coefficient (Wildman–Crippen LogP) is 5.48. The average Bonchev–Trinajstić information content (AvgIpc) is 3.54. The third kappa shape index (κ3) is 6.33. The first-order valence-corrected chi connectivity index (χ1v) is 14.2. The number of rotatable bonds is 6. The van der Waals surface area contributed by atoms with E-state index in [2.05, 4.69) is 10.1 Å². The number of nitrogens with zero attached hydrogens (tertiary/aromatic N) is 5. The standard InChI is InChI=1S/C29H34N6O5S/c1-29(2,3)40-28(37)34(4)16-22-24(17-9-12-38-13-10-17)41-26(33-22)21-15-31-25(39-27(30)36)20-14-18(6-7-19(20)21)23-8-11-32-35(23)5/h6-8,11,14-15,17H,9-10,12-13,16H2,1-5H3,(H2,30,36). The Kier molecular flexibility index (Phi) is 7.96. The Balaban J connectivity index is 1.59. The maximum Gasteiger partial charge on any atom is 0.411 e. The Morgan fingerprint density at radius 2 is 1.95 bits per heavy atom. The predicted molar refractivity (Wildman–Crippen MR) is 156 cm³/mol. The molecule has 216 valence electrons. The summed E-state index contributed by atoms with van der Waals surface area (Å²) in [6.07, 6.45) is 3.77. The highest BCUT2D eigenvalue weighted by Crippen LogP contribution is 2.41. The molecular weight excluding hydrogens is 544 g/mol. The molecule has 1 saturated heterocycles. The van der Waals surface area contributed by atoms with Crippen LogP contribution in [0, 0.1) is 0 Å². The largest absolute Gasteiger partial charge is 0.444 e. The van der Waals surface area contributed by atoms with E-state index >= 15 is 0 Å². The van der Waals surface area contributed by atoms with Crippen LogP contribution >= 0.6 is 11.3 Å². The van der Waals surface area contributed by atoms with Gasteiger partial charge in [-0.05, 0) is 57.0 Å². The molecule has 41 heavy (non-hydrogen) atoms. The number of benzene rings is 1. The number of fused-ring (bicyclic) bond motifs is 1. The van der Waals surface area contributed by atoms with Gasteiger partial charge >= 0.3 is 12.2 Å². The second kappa shape index (κ2) is 11.5. The van der Waals surface area contributed by atoms with Crippen LogP contribution < -0.4 is 10.5 Å². The minimum atomic E-state index is -0.944. The number of amides is 2. The van der Waals surface area contributed by atoms with Gasteiger partial charge in [-0.25, -0.2) is 19.6 Å². The number of thiazole rings is 1. The van der Waals surface area contributed by atoms with E-state index in [0.717, 1.165) is 50.6 Å². The number of primary amides is 1. The number of nitrogens with two attached hydrogens (primary N) is 1. The van der Waals surface area contributed by atoms with E-state index in [1.807, 2.05) is 52.1 Å². The number of aryl methyl sites for hydroxylation is 1. The molecule has 2 amide bonds. The van der Waals surface area contributed by atoms with Crippen molar-refractivity contribution < 1.29 is 23.8 Å². The second-order valence-corrected chi connectivity index (χ2v) is 12.1. The smallest absolute Gasteiger partial charge is 0.411 e. The molecule has 11 nitrogen and oxygen atoms in total. The third-order valence-electron chi connectivity index (χ3n) is 6.81. The number of aromatic nitrogens is 4. The van der Waals surface area contributed by atoms with Gasteiger partial charge in [-0.2, -0.15) is 5.10 Å². The lowest BCUT2D eigenvalue weighted by Gasteiger charge is -2.25. The normalized spacial score (nSPS) is 14.3. The quantitative estimate of drug-likeness (QED) is 0.318. The molecule has 0 atom stereocenters. The van der Waals surface area contributed by atoms with Crippen LogP contribution in [0.4, 0.5) is 9.59 Å². The summed E-state index contributed by atoms with van der Waals surface area (Å²) in [6, 6.07) is 7.76. The molecular formula is C29H34N6O5S. The highest BCUT2D eigenvalue weighted by molar-refractivity contribution is 7.15. The van der Waals surface area contributed by atoms with Crippen molar-refractivity contribution in [2.45, 2.75) is 51.7 Å². The SMILES string of the molecule is CN(Cc1nc(-c2cnc(OC(N)=O)c3cc(-c4ccnn4C)ccc23)sc1C1CCOCC1)C(=O)OC(C)(C)C. The summed E-state index contributed by atoms with van der Waals surface area (Å²) < 4.78 is 18.2. The van der Waals surface area contributed by atoms with E-state index in [-0.39, 0.29) is 11.8 Å². The Hall–Kier alpha value is -4.03. The number of pyridine rings is 1. The van der Waals surface area contributed by atoms with Crippen LogP contribution in [0.2, 0.25) is 0 Å². The fourth-order valence-corrected chi connectivity index (χ4v) is 6.15. The first kappa shape index (κ1) is 28.5. The van der Waals surface area contributed by atoms with Gasteiger partial charge in [-0.3, -0.25) is 4.68 Å². The maximum atomic E-state index is 12.8. The maximum absolute atomic E-state index is 12.8. The van der Waals surface area contributed by atoms with Crippen molar-refractivity contribution in [2.24, 2.45) is 12.8 Å². The van der Waals surface area contributed by atoms with Crippen molar-refractivity contribution >= 4 is 34.3 Å². The van der Waals surface area contributed by atoms with E-state index in [4.69, 9.17) is 24.9 Å². The van der Waals surface area contributed by atoms with E-state index in [1.54, 1.807) is 40.4 Å². The summed E-state index contributed by atoms with van der Waals surface area (Å²) in [6.45, 7) is 7.19. The van der Waals surface area contributed by atoms with Crippen molar-refractivity contribution in [1.82, 2.24) is 24.6 Å². The van der Waals surface area contributed by atoms with Crippen LogP contribution in [0.1, 0.15) is 50.1 Å². The Bertz CT molecular complexity index is 1580. The average molecular weight is 579 g/mol. The Morgan fingerprint density at radius 1 is 1.20 bits per heavy atom. The fourth-order valence-electron chi connectivity index (χ4n) is 4.88. The van der Waals surface area contributed by atoms with E-state index in [1.165, 1.54) is 0 Å². The summed E-state index contributed by atoms with van der Waals surface area (Å²) in [4.78, 5) is 36.6. The van der Waals surface area contributed by atoms with Crippen molar-refractivity contribution in [3.63, 3.8) is 0 Å². The molecule has 0 aliphatic carbocycles. The van der Waals surface area contributed by atoms with Crippen LogP contribution in [-0.4, -0.2) is 62.7 Å². The van der Waals surface area contributed by atoms with Gasteiger partial charge < -0.3 is 24.8 Å². The van der Waals surface area contributed by atoms with Gasteiger partial charge in [-0.1, -0.05) is 12.1 Å². The van der Waals surface area contributed by atoms with Gasteiger partial charge in [0.15, 0.2) is 0 Å². The molecule has 3 aromatic heterocycles. The summed E-state index contributed by atoms with van der Waals surface area (Å²) in [5, 5.41) is 6.45. The molecule has 1 aliphatic rings. The molecule has 0 radical (unpaired) electrons. The fraction of sp³-hybridized carbons (Fsp3) is 0.414. The zero-order chi connectivity index (χ0) is 29.3. The van der Waals surface area contributed by atoms with E-state index in [9.17, 15) is 9.59 Å². The van der Waals surface area contributed by atoms with Gasteiger partial charge in [0.05, 0.1) is 17.9 Å². The highest BCUT2D eigenvalue weighted by Gasteiger charge is 2.27. The molecule has 4 aromatic rings. The topological polar surface area (TPSA) is 135 Å². The zero-order valence-electron chi connectivity index (χ0n) is 23.8. The highest BCUT2D eigenvalue weighted by atomic mass is 32.1. The van der Waals surface area contributed by atoms with Crippen molar-refractivity contribution in [2.75, 3.05) is 20.3 Å². The lowest BCUT2D eigenvalue weighted by molar-refractivity contribution is 0.0282. The first-order chi connectivity index (χ1) is 19.5. The van der Waals surface area contributed by atoms with E-state index in [0.29, 0.717) is 25.1 Å². The first-order valence-electron chi connectivity index (χ1n) is 13.4. The molecule has 1 aromatic carbocycles. The van der Waals surface area contributed by atoms with Gasteiger partial charge in [0.25, 0.3) is 0 Å². The summed E-state index contributed by atoms with van der Waals surface area (Å²) >= 11 is 1.59. The summed E-state index contributed by atoms with van der Waals surface area (Å²) in [5.74, 6) is 0.386. The summed E-state index contributed by atoms with van der Waals surface area (Å²) in [7, 11) is 3.58. The molecule has 0 unspecified atom stereocenters. The Morgan fingerprint density at radius 3 is 2.61 bits per heavy atom. The minimum absolute atomic E-state index is 0.117. The van der Waals surface area contributed by atoms with Crippen molar-refractivity contribution in [3.05, 3.63) is 47.2 Å². The van der Waals surface area contributed by atoms with Gasteiger partial charge in [-0.15, -0.1) is 11.3 Å². The van der Waals surface area contributed by atoms with Crippen molar-refractivity contribution in [3.8, 4) is 27.7 Å². The number of carbonyl (C=O) groups is 2. The molecule has 0 spiro atoms. The van der Waals surface area contributed by atoms with Crippen LogP contribution in [0.15, 0.2) is 36.7 Å². The number of hydrogen-bond acceptors (Lipinski definition) is 9.